The number of fused-ring (bicyclic) bond motifs is 1. The van der Waals surface area contributed by atoms with Crippen molar-refractivity contribution in [2.45, 2.75) is 6.92 Å². The zero-order valence-electron chi connectivity index (χ0n) is 12.3. The molecule has 1 aliphatic heterocycles. The highest BCUT2D eigenvalue weighted by molar-refractivity contribution is 7.16. The van der Waals surface area contributed by atoms with E-state index in [-0.39, 0.29) is 12.7 Å². The topological polar surface area (TPSA) is 65.4 Å². The van der Waals surface area contributed by atoms with Crippen LogP contribution in [0, 0.1) is 6.92 Å². The van der Waals surface area contributed by atoms with Gasteiger partial charge >= 0.3 is 0 Å². The maximum atomic E-state index is 12.5. The lowest BCUT2D eigenvalue weighted by atomic mass is 10.2. The average Bonchev–Trinajstić information content (AvgIpc) is 3.26. The molecule has 1 aromatic carbocycles. The van der Waals surface area contributed by atoms with Gasteiger partial charge in [0.1, 0.15) is 4.88 Å². The van der Waals surface area contributed by atoms with E-state index in [2.05, 4.69) is 10.3 Å². The van der Waals surface area contributed by atoms with Crippen LogP contribution in [0.1, 0.15) is 15.4 Å². The Labute approximate surface area is 136 Å². The number of hydrogen-bond acceptors (Lipinski definition) is 5. The van der Waals surface area contributed by atoms with Crippen LogP contribution in [-0.4, -0.2) is 22.3 Å². The van der Waals surface area contributed by atoms with E-state index in [1.54, 1.807) is 18.2 Å². The van der Waals surface area contributed by atoms with Gasteiger partial charge in [0, 0.05) is 24.1 Å². The standard InChI is InChI=1S/C16H13N3O3S/c1-10-14(23-16(17-10)19-6-2-3-7-19)15(20)18-11-4-5-12-13(8-11)22-9-21-12/h2-8H,9H2,1H3,(H,18,20). The summed E-state index contributed by atoms with van der Waals surface area (Å²) in [4.78, 5) is 17.5. The summed E-state index contributed by atoms with van der Waals surface area (Å²) >= 11 is 1.35. The second-order valence-corrected chi connectivity index (χ2v) is 6.00. The van der Waals surface area contributed by atoms with Crippen molar-refractivity contribution in [1.29, 1.82) is 0 Å². The number of nitrogens with zero attached hydrogens (tertiary/aromatic N) is 2. The Morgan fingerprint density at radius 1 is 1.26 bits per heavy atom. The van der Waals surface area contributed by atoms with Crippen LogP contribution in [0.5, 0.6) is 11.5 Å². The number of carbonyl (C=O) groups excluding carboxylic acids is 1. The first-order chi connectivity index (χ1) is 11.2. The van der Waals surface area contributed by atoms with Crippen molar-refractivity contribution in [3.05, 3.63) is 53.3 Å². The van der Waals surface area contributed by atoms with Gasteiger partial charge in [-0.3, -0.25) is 4.79 Å². The van der Waals surface area contributed by atoms with Gasteiger partial charge in [-0.2, -0.15) is 0 Å². The number of aryl methyl sites for hydroxylation is 1. The fraction of sp³-hybridized carbons (Fsp3) is 0.125. The van der Waals surface area contributed by atoms with E-state index in [9.17, 15) is 4.79 Å². The van der Waals surface area contributed by atoms with Crippen molar-refractivity contribution in [2.75, 3.05) is 12.1 Å². The molecule has 1 amide bonds. The predicted octanol–water partition coefficient (Wildman–Crippen LogP) is 3.22. The van der Waals surface area contributed by atoms with E-state index >= 15 is 0 Å². The highest BCUT2D eigenvalue weighted by Gasteiger charge is 2.18. The minimum Gasteiger partial charge on any atom is -0.454 e. The van der Waals surface area contributed by atoms with Crippen LogP contribution >= 0.6 is 11.3 Å². The van der Waals surface area contributed by atoms with Crippen LogP contribution in [0.4, 0.5) is 5.69 Å². The minimum absolute atomic E-state index is 0.183. The van der Waals surface area contributed by atoms with E-state index in [0.717, 1.165) is 5.13 Å². The summed E-state index contributed by atoms with van der Waals surface area (Å²) in [5.74, 6) is 1.14. The highest BCUT2D eigenvalue weighted by atomic mass is 32.1. The maximum Gasteiger partial charge on any atom is 0.267 e. The number of hydrogen-bond donors (Lipinski definition) is 1. The van der Waals surface area contributed by atoms with E-state index < -0.39 is 0 Å². The largest absolute Gasteiger partial charge is 0.454 e. The van der Waals surface area contributed by atoms with Crippen molar-refractivity contribution < 1.29 is 14.3 Å². The molecule has 0 aliphatic carbocycles. The molecule has 0 unspecified atom stereocenters. The van der Waals surface area contributed by atoms with Gasteiger partial charge in [-0.1, -0.05) is 11.3 Å². The second-order valence-electron chi connectivity index (χ2n) is 5.02. The molecule has 23 heavy (non-hydrogen) atoms. The molecule has 3 heterocycles. The molecule has 0 saturated heterocycles. The molecule has 0 fully saturated rings. The van der Waals surface area contributed by atoms with Gasteiger partial charge < -0.3 is 19.4 Å². The Bertz CT molecular complexity index is 871. The normalized spacial score (nSPS) is 12.4. The Hall–Kier alpha value is -2.80. The molecule has 0 spiro atoms. The second kappa shape index (κ2) is 5.44. The summed E-state index contributed by atoms with van der Waals surface area (Å²) in [6.45, 7) is 2.04. The van der Waals surface area contributed by atoms with Crippen molar-refractivity contribution in [1.82, 2.24) is 9.55 Å². The van der Waals surface area contributed by atoms with Gasteiger partial charge in [0.05, 0.1) is 5.69 Å². The molecule has 116 valence electrons. The first kappa shape index (κ1) is 13.8. The third-order valence-electron chi connectivity index (χ3n) is 3.45. The number of benzene rings is 1. The smallest absolute Gasteiger partial charge is 0.267 e. The Kier molecular flexibility index (Phi) is 3.27. The maximum absolute atomic E-state index is 12.5. The molecule has 3 aromatic rings. The van der Waals surface area contributed by atoms with E-state index in [0.29, 0.717) is 27.8 Å². The number of aromatic nitrogens is 2. The summed E-state index contributed by atoms with van der Waals surface area (Å²) in [5.41, 5.74) is 1.37. The number of amides is 1. The predicted molar refractivity (Wildman–Crippen MR) is 86.7 cm³/mol. The van der Waals surface area contributed by atoms with Crippen molar-refractivity contribution in [3.63, 3.8) is 0 Å². The van der Waals surface area contributed by atoms with Gasteiger partial charge in [0.2, 0.25) is 6.79 Å². The van der Waals surface area contributed by atoms with Crippen LogP contribution in [0.25, 0.3) is 5.13 Å². The van der Waals surface area contributed by atoms with Gasteiger partial charge in [0.15, 0.2) is 16.6 Å². The third-order valence-corrected chi connectivity index (χ3v) is 4.62. The molecule has 1 N–H and O–H groups in total. The van der Waals surface area contributed by atoms with Gasteiger partial charge in [-0.15, -0.1) is 0 Å². The van der Waals surface area contributed by atoms with Crippen LogP contribution in [0.3, 0.4) is 0 Å². The first-order valence-corrected chi connectivity index (χ1v) is 7.84. The molecule has 0 bridgehead atoms. The summed E-state index contributed by atoms with van der Waals surface area (Å²) < 4.78 is 12.5. The number of ether oxygens (including phenoxy) is 2. The van der Waals surface area contributed by atoms with E-state index in [4.69, 9.17) is 9.47 Å². The summed E-state index contributed by atoms with van der Waals surface area (Å²) in [7, 11) is 0. The highest BCUT2D eigenvalue weighted by Crippen LogP contribution is 2.34. The van der Waals surface area contributed by atoms with Crippen molar-refractivity contribution >= 4 is 22.9 Å². The molecule has 7 heteroatoms. The fourth-order valence-corrected chi connectivity index (χ4v) is 3.26. The fourth-order valence-electron chi connectivity index (χ4n) is 2.33. The van der Waals surface area contributed by atoms with Gasteiger partial charge in [-0.25, -0.2) is 4.98 Å². The first-order valence-electron chi connectivity index (χ1n) is 7.02. The SMILES string of the molecule is Cc1nc(-n2cccc2)sc1C(=O)Nc1ccc2c(c1)OCO2. The molecule has 0 atom stereocenters. The number of rotatable bonds is 3. The van der Waals surface area contributed by atoms with E-state index in [1.165, 1.54) is 11.3 Å². The lowest BCUT2D eigenvalue weighted by molar-refractivity contribution is 0.103. The van der Waals surface area contributed by atoms with Gasteiger partial charge in [0.25, 0.3) is 5.91 Å². The Balaban J connectivity index is 1.57. The number of nitrogens with one attached hydrogen (secondary N) is 1. The monoisotopic (exact) mass is 327 g/mol. The molecule has 1 aliphatic rings. The molecule has 2 aromatic heterocycles. The average molecular weight is 327 g/mol. The van der Waals surface area contributed by atoms with Crippen molar-refractivity contribution in [3.8, 4) is 16.6 Å². The minimum atomic E-state index is -0.183. The quantitative estimate of drug-likeness (QED) is 0.802. The number of thiazole rings is 1. The van der Waals surface area contributed by atoms with Crippen LogP contribution < -0.4 is 14.8 Å². The van der Waals surface area contributed by atoms with E-state index in [1.807, 2.05) is 36.0 Å². The molecule has 0 saturated carbocycles. The molecule has 4 rings (SSSR count). The molecule has 0 radical (unpaired) electrons. The molecule has 6 nitrogen and oxygen atoms in total. The summed E-state index contributed by atoms with van der Waals surface area (Å²) in [6, 6.07) is 9.16. The lowest BCUT2D eigenvalue weighted by Crippen LogP contribution is -2.11. The molecular formula is C16H13N3O3S. The lowest BCUT2D eigenvalue weighted by Gasteiger charge is -2.05. The van der Waals surface area contributed by atoms with Gasteiger partial charge in [-0.05, 0) is 31.2 Å². The number of anilines is 1. The van der Waals surface area contributed by atoms with Crippen LogP contribution in [0.15, 0.2) is 42.7 Å². The van der Waals surface area contributed by atoms with Crippen LogP contribution in [-0.2, 0) is 0 Å². The zero-order valence-corrected chi connectivity index (χ0v) is 13.1. The third kappa shape index (κ3) is 2.55. The number of carbonyl (C=O) groups is 1. The summed E-state index contributed by atoms with van der Waals surface area (Å²) in [6.07, 6.45) is 3.80. The Morgan fingerprint density at radius 3 is 2.87 bits per heavy atom. The molecular weight excluding hydrogens is 314 g/mol. The van der Waals surface area contributed by atoms with Crippen LogP contribution in [0.2, 0.25) is 0 Å². The zero-order chi connectivity index (χ0) is 15.8. The van der Waals surface area contributed by atoms with Crippen molar-refractivity contribution in [2.24, 2.45) is 0 Å². The Morgan fingerprint density at radius 2 is 2.04 bits per heavy atom. The summed E-state index contributed by atoms with van der Waals surface area (Å²) in [5, 5.41) is 3.64.